The maximum atomic E-state index is 13.5. The second-order valence-electron chi connectivity index (χ2n) is 5.25. The number of rotatable bonds is 4. The number of carbonyl (C=O) groups is 2. The Morgan fingerprint density at radius 2 is 2.04 bits per heavy atom. The number of carbonyl (C=O) groups excluding carboxylic acids is 2. The summed E-state index contributed by atoms with van der Waals surface area (Å²) >= 11 is 0. The van der Waals surface area contributed by atoms with Gasteiger partial charge in [-0.15, -0.1) is 5.10 Å². The summed E-state index contributed by atoms with van der Waals surface area (Å²) in [7, 11) is 0. The van der Waals surface area contributed by atoms with Gasteiger partial charge in [0.2, 0.25) is 0 Å². The first-order valence-electron chi connectivity index (χ1n) is 7.40. The third-order valence-electron chi connectivity index (χ3n) is 3.40. The van der Waals surface area contributed by atoms with E-state index in [0.29, 0.717) is 0 Å². The summed E-state index contributed by atoms with van der Waals surface area (Å²) in [4.78, 5) is 32.1. The molecule has 2 heterocycles. The van der Waals surface area contributed by atoms with Gasteiger partial charge in [-0.1, -0.05) is 12.1 Å². The first-order valence-corrected chi connectivity index (χ1v) is 7.40. The molecule has 0 spiro atoms. The van der Waals surface area contributed by atoms with E-state index in [1.54, 1.807) is 25.3 Å². The number of amides is 1. The lowest BCUT2D eigenvalue weighted by atomic mass is 10.3. The minimum Gasteiger partial charge on any atom is -0.447 e. The van der Waals surface area contributed by atoms with Gasteiger partial charge in [0, 0.05) is 11.9 Å². The maximum absolute atomic E-state index is 13.5. The van der Waals surface area contributed by atoms with Crippen molar-refractivity contribution in [1.29, 1.82) is 0 Å². The number of esters is 1. The summed E-state index contributed by atoms with van der Waals surface area (Å²) in [5, 5.41) is 6.35. The highest BCUT2D eigenvalue weighted by Crippen LogP contribution is 2.13. The van der Waals surface area contributed by atoms with E-state index in [9.17, 15) is 14.0 Å². The molecule has 9 heteroatoms. The van der Waals surface area contributed by atoms with Crippen LogP contribution in [0.4, 0.5) is 10.1 Å². The van der Waals surface area contributed by atoms with Gasteiger partial charge in [0.05, 0.1) is 5.69 Å². The summed E-state index contributed by atoms with van der Waals surface area (Å²) in [6.07, 6.45) is 0.381. The molecule has 128 valence electrons. The SMILES string of the molecule is Cc1ccnc2nc(C(=O)O[C@H](C)C(=O)Nc3ccccc3F)nn12. The van der Waals surface area contributed by atoms with E-state index in [1.165, 1.54) is 29.6 Å². The third kappa shape index (κ3) is 3.44. The van der Waals surface area contributed by atoms with Crippen LogP contribution in [0.25, 0.3) is 5.78 Å². The molecule has 8 nitrogen and oxygen atoms in total. The van der Waals surface area contributed by atoms with Crippen LogP contribution in [-0.4, -0.2) is 37.6 Å². The van der Waals surface area contributed by atoms with Crippen LogP contribution in [0.3, 0.4) is 0 Å². The Morgan fingerprint density at radius 1 is 1.28 bits per heavy atom. The van der Waals surface area contributed by atoms with Gasteiger partial charge in [0.25, 0.3) is 17.5 Å². The van der Waals surface area contributed by atoms with Gasteiger partial charge < -0.3 is 10.1 Å². The van der Waals surface area contributed by atoms with E-state index in [4.69, 9.17) is 4.74 Å². The van der Waals surface area contributed by atoms with Crippen LogP contribution in [0, 0.1) is 12.7 Å². The number of hydrogen-bond donors (Lipinski definition) is 1. The number of para-hydroxylation sites is 1. The molecule has 1 atom stereocenters. The number of ether oxygens (including phenoxy) is 1. The number of hydrogen-bond acceptors (Lipinski definition) is 6. The van der Waals surface area contributed by atoms with Crippen molar-refractivity contribution in [3.8, 4) is 0 Å². The smallest absolute Gasteiger partial charge is 0.379 e. The van der Waals surface area contributed by atoms with Crippen molar-refractivity contribution in [2.45, 2.75) is 20.0 Å². The standard InChI is InChI=1S/C16H14FN5O3/c1-9-7-8-18-16-20-13(21-22(9)16)15(24)25-10(2)14(23)19-12-6-4-3-5-11(12)17/h3-8,10H,1-2H3,(H,19,23)/t10-/m1/s1. The second kappa shape index (κ2) is 6.63. The van der Waals surface area contributed by atoms with E-state index < -0.39 is 23.8 Å². The van der Waals surface area contributed by atoms with Crippen LogP contribution in [-0.2, 0) is 9.53 Å². The van der Waals surface area contributed by atoms with Gasteiger partial charge in [-0.05, 0) is 32.0 Å². The highest BCUT2D eigenvalue weighted by Gasteiger charge is 2.23. The molecule has 0 fully saturated rings. The van der Waals surface area contributed by atoms with Crippen LogP contribution >= 0.6 is 0 Å². The van der Waals surface area contributed by atoms with Crippen LogP contribution in [0.2, 0.25) is 0 Å². The topological polar surface area (TPSA) is 98.5 Å². The minimum atomic E-state index is -1.16. The average Bonchev–Trinajstić information content (AvgIpc) is 3.02. The predicted octanol–water partition coefficient (Wildman–Crippen LogP) is 1.76. The number of nitrogens with zero attached hydrogens (tertiary/aromatic N) is 4. The van der Waals surface area contributed by atoms with Crippen molar-refractivity contribution in [2.24, 2.45) is 0 Å². The largest absolute Gasteiger partial charge is 0.447 e. The van der Waals surface area contributed by atoms with Crippen LogP contribution in [0.1, 0.15) is 23.2 Å². The molecule has 0 aliphatic heterocycles. The van der Waals surface area contributed by atoms with Crippen LogP contribution in [0.15, 0.2) is 36.5 Å². The zero-order chi connectivity index (χ0) is 18.0. The molecule has 0 bridgehead atoms. The number of anilines is 1. The lowest BCUT2D eigenvalue weighted by Gasteiger charge is -2.12. The number of benzene rings is 1. The molecule has 2 aromatic heterocycles. The molecule has 3 aromatic rings. The summed E-state index contributed by atoms with van der Waals surface area (Å²) in [6.45, 7) is 3.15. The van der Waals surface area contributed by atoms with Gasteiger partial charge in [0.1, 0.15) is 5.82 Å². The van der Waals surface area contributed by atoms with Gasteiger partial charge in [-0.25, -0.2) is 18.7 Å². The highest BCUT2D eigenvalue weighted by molar-refractivity contribution is 5.96. The van der Waals surface area contributed by atoms with Crippen LogP contribution < -0.4 is 5.32 Å². The molecule has 0 saturated heterocycles. The fourth-order valence-electron chi connectivity index (χ4n) is 2.06. The molecule has 0 radical (unpaired) electrons. The second-order valence-corrected chi connectivity index (χ2v) is 5.25. The maximum Gasteiger partial charge on any atom is 0.379 e. The number of aromatic nitrogens is 4. The first-order chi connectivity index (χ1) is 12.0. The summed E-state index contributed by atoms with van der Waals surface area (Å²) in [5.74, 6) is -2.10. The molecule has 0 aliphatic rings. The number of halogens is 1. The van der Waals surface area contributed by atoms with Crippen molar-refractivity contribution >= 4 is 23.3 Å². The quantitative estimate of drug-likeness (QED) is 0.725. The van der Waals surface area contributed by atoms with Crippen molar-refractivity contribution < 1.29 is 18.7 Å². The fourth-order valence-corrected chi connectivity index (χ4v) is 2.06. The van der Waals surface area contributed by atoms with Crippen molar-refractivity contribution in [3.63, 3.8) is 0 Å². The molecular formula is C16H14FN5O3. The normalized spacial score (nSPS) is 12.0. The minimum absolute atomic E-state index is 0.000999. The Balaban J connectivity index is 1.70. The van der Waals surface area contributed by atoms with Crippen molar-refractivity contribution in [1.82, 2.24) is 19.6 Å². The molecule has 25 heavy (non-hydrogen) atoms. The molecule has 1 N–H and O–H groups in total. The van der Waals surface area contributed by atoms with Gasteiger partial charge in [-0.2, -0.15) is 4.98 Å². The summed E-state index contributed by atoms with van der Waals surface area (Å²) in [6, 6.07) is 7.40. The third-order valence-corrected chi connectivity index (χ3v) is 3.40. The molecule has 0 aliphatic carbocycles. The lowest BCUT2D eigenvalue weighted by Crippen LogP contribution is -2.30. The zero-order valence-corrected chi connectivity index (χ0v) is 13.4. The van der Waals surface area contributed by atoms with Crippen LogP contribution in [0.5, 0.6) is 0 Å². The predicted molar refractivity (Wildman–Crippen MR) is 85.4 cm³/mol. The molecule has 0 saturated carbocycles. The van der Waals surface area contributed by atoms with E-state index in [0.717, 1.165) is 5.69 Å². The molecule has 3 rings (SSSR count). The summed E-state index contributed by atoms with van der Waals surface area (Å²) < 4.78 is 20.0. The van der Waals surface area contributed by atoms with E-state index in [2.05, 4.69) is 20.4 Å². The highest BCUT2D eigenvalue weighted by atomic mass is 19.1. The number of aryl methyl sites for hydroxylation is 1. The lowest BCUT2D eigenvalue weighted by molar-refractivity contribution is -0.123. The Morgan fingerprint density at radius 3 is 2.76 bits per heavy atom. The first kappa shape index (κ1) is 16.5. The molecular weight excluding hydrogens is 329 g/mol. The van der Waals surface area contributed by atoms with Crippen molar-refractivity contribution in [2.75, 3.05) is 5.32 Å². The van der Waals surface area contributed by atoms with E-state index in [1.807, 2.05) is 0 Å². The Hall–Kier alpha value is -3.36. The summed E-state index contributed by atoms with van der Waals surface area (Å²) in [5.41, 5.74) is 0.739. The Bertz CT molecular complexity index is 956. The molecule has 1 aromatic carbocycles. The van der Waals surface area contributed by atoms with Gasteiger partial charge >= 0.3 is 5.97 Å². The van der Waals surface area contributed by atoms with Gasteiger partial charge in [-0.3, -0.25) is 4.79 Å². The number of fused-ring (bicyclic) bond motifs is 1. The monoisotopic (exact) mass is 343 g/mol. The Labute approximate surface area is 141 Å². The fraction of sp³-hybridized carbons (Fsp3) is 0.188. The Kier molecular flexibility index (Phi) is 4.38. The number of nitrogens with one attached hydrogen (secondary N) is 1. The van der Waals surface area contributed by atoms with Crippen molar-refractivity contribution in [3.05, 3.63) is 53.9 Å². The average molecular weight is 343 g/mol. The van der Waals surface area contributed by atoms with E-state index in [-0.39, 0.29) is 17.3 Å². The van der Waals surface area contributed by atoms with Gasteiger partial charge in [0.15, 0.2) is 6.10 Å². The van der Waals surface area contributed by atoms with E-state index >= 15 is 0 Å². The zero-order valence-electron chi connectivity index (χ0n) is 13.4. The molecule has 0 unspecified atom stereocenters. The molecule has 1 amide bonds.